The molecule has 0 aromatic heterocycles. The molecular formula is C18H26O2. The third kappa shape index (κ3) is 3.12. The van der Waals surface area contributed by atoms with Crippen LogP contribution in [0.2, 0.25) is 0 Å². The van der Waals surface area contributed by atoms with Crippen LogP contribution in [0, 0.1) is 26.7 Å². The number of aliphatic hydroxyl groups is 1. The second-order valence-electron chi connectivity index (χ2n) is 6.69. The van der Waals surface area contributed by atoms with Gasteiger partial charge in [0, 0.05) is 6.42 Å². The van der Waals surface area contributed by atoms with Gasteiger partial charge in [0.25, 0.3) is 0 Å². The van der Waals surface area contributed by atoms with E-state index in [4.69, 9.17) is 0 Å². The Hall–Kier alpha value is -1.15. The third-order valence-corrected chi connectivity index (χ3v) is 4.80. The number of hydrogen-bond acceptors (Lipinski definition) is 2. The van der Waals surface area contributed by atoms with Gasteiger partial charge in [0.1, 0.15) is 5.60 Å². The molecule has 1 aliphatic carbocycles. The Morgan fingerprint density at radius 2 is 1.70 bits per heavy atom. The standard InChI is InChI=1S/C18H26O2/c1-12-5-7-18(20,8-6-12)17(19)11-16-14(3)9-13(2)10-15(16)4/h9-10,12,20H,5-8,11H2,1-4H3. The van der Waals surface area contributed by atoms with E-state index in [1.54, 1.807) is 0 Å². The maximum absolute atomic E-state index is 12.5. The van der Waals surface area contributed by atoms with Gasteiger partial charge in [-0.15, -0.1) is 0 Å². The third-order valence-electron chi connectivity index (χ3n) is 4.80. The molecule has 2 rings (SSSR count). The van der Waals surface area contributed by atoms with E-state index in [0.717, 1.165) is 29.5 Å². The van der Waals surface area contributed by atoms with Crippen LogP contribution in [0.25, 0.3) is 0 Å². The normalized spacial score (nSPS) is 26.6. The van der Waals surface area contributed by atoms with E-state index < -0.39 is 5.60 Å². The first kappa shape index (κ1) is 15.2. The van der Waals surface area contributed by atoms with E-state index in [2.05, 4.69) is 39.8 Å². The molecule has 0 radical (unpaired) electrons. The van der Waals surface area contributed by atoms with Crippen molar-refractivity contribution >= 4 is 5.78 Å². The predicted molar refractivity (Wildman–Crippen MR) is 81.9 cm³/mol. The van der Waals surface area contributed by atoms with Gasteiger partial charge in [-0.1, -0.05) is 24.6 Å². The Balaban J connectivity index is 2.16. The van der Waals surface area contributed by atoms with Gasteiger partial charge in [-0.05, 0) is 69.1 Å². The predicted octanol–water partition coefficient (Wildman–Crippen LogP) is 3.66. The minimum Gasteiger partial charge on any atom is -0.382 e. The maximum atomic E-state index is 12.5. The summed E-state index contributed by atoms with van der Waals surface area (Å²) in [6.45, 7) is 8.37. The van der Waals surface area contributed by atoms with Crippen molar-refractivity contribution in [1.82, 2.24) is 0 Å². The smallest absolute Gasteiger partial charge is 0.168 e. The molecular weight excluding hydrogens is 248 g/mol. The van der Waals surface area contributed by atoms with Crippen molar-refractivity contribution < 1.29 is 9.90 Å². The fourth-order valence-electron chi connectivity index (χ4n) is 3.33. The van der Waals surface area contributed by atoms with Gasteiger partial charge in [-0.2, -0.15) is 0 Å². The number of rotatable bonds is 3. The molecule has 110 valence electrons. The highest BCUT2D eigenvalue weighted by molar-refractivity contribution is 5.89. The Morgan fingerprint density at radius 3 is 2.20 bits per heavy atom. The average Bonchev–Trinajstić information content (AvgIpc) is 2.37. The molecule has 0 heterocycles. The van der Waals surface area contributed by atoms with Crippen molar-refractivity contribution in [2.24, 2.45) is 5.92 Å². The first-order chi connectivity index (χ1) is 9.32. The van der Waals surface area contributed by atoms with Gasteiger partial charge >= 0.3 is 0 Å². The highest BCUT2D eigenvalue weighted by Crippen LogP contribution is 2.33. The Bertz CT molecular complexity index is 485. The fraction of sp³-hybridized carbons (Fsp3) is 0.611. The number of carbonyl (C=O) groups excluding carboxylic acids is 1. The van der Waals surface area contributed by atoms with Crippen LogP contribution in [0.4, 0.5) is 0 Å². The Labute approximate surface area is 122 Å². The highest BCUT2D eigenvalue weighted by atomic mass is 16.3. The zero-order chi connectivity index (χ0) is 14.9. The number of aryl methyl sites for hydroxylation is 3. The van der Waals surface area contributed by atoms with E-state index >= 15 is 0 Å². The van der Waals surface area contributed by atoms with Crippen molar-refractivity contribution in [2.75, 3.05) is 0 Å². The largest absolute Gasteiger partial charge is 0.382 e. The molecule has 20 heavy (non-hydrogen) atoms. The van der Waals surface area contributed by atoms with Crippen LogP contribution in [-0.4, -0.2) is 16.5 Å². The molecule has 0 spiro atoms. The van der Waals surface area contributed by atoms with Gasteiger partial charge in [-0.3, -0.25) is 4.79 Å². The summed E-state index contributed by atoms with van der Waals surface area (Å²) in [5.74, 6) is 0.630. The zero-order valence-electron chi connectivity index (χ0n) is 13.1. The Kier molecular flexibility index (Phi) is 4.33. The molecule has 0 amide bonds. The summed E-state index contributed by atoms with van der Waals surface area (Å²) < 4.78 is 0. The minimum atomic E-state index is -1.09. The molecule has 0 bridgehead atoms. The van der Waals surface area contributed by atoms with Gasteiger partial charge in [0.2, 0.25) is 0 Å². The van der Waals surface area contributed by atoms with Gasteiger partial charge in [0.05, 0.1) is 0 Å². The number of Topliss-reactive ketones (excluding diaryl/α,β-unsaturated/α-hetero) is 1. The molecule has 1 aromatic rings. The minimum absolute atomic E-state index is 0.000506. The van der Waals surface area contributed by atoms with Crippen LogP contribution in [0.5, 0.6) is 0 Å². The van der Waals surface area contributed by atoms with E-state index in [-0.39, 0.29) is 5.78 Å². The topological polar surface area (TPSA) is 37.3 Å². The molecule has 1 N–H and O–H groups in total. The molecule has 0 aliphatic heterocycles. The quantitative estimate of drug-likeness (QED) is 0.913. The van der Waals surface area contributed by atoms with Gasteiger partial charge in [0.15, 0.2) is 5.78 Å². The van der Waals surface area contributed by atoms with Crippen molar-refractivity contribution in [3.8, 4) is 0 Å². The maximum Gasteiger partial charge on any atom is 0.168 e. The summed E-state index contributed by atoms with van der Waals surface area (Å²) in [5.41, 5.74) is 3.54. The number of carbonyl (C=O) groups is 1. The molecule has 2 nitrogen and oxygen atoms in total. The summed E-state index contributed by atoms with van der Waals surface area (Å²) in [6, 6.07) is 4.23. The average molecular weight is 274 g/mol. The molecule has 0 unspecified atom stereocenters. The summed E-state index contributed by atoms with van der Waals surface area (Å²) in [7, 11) is 0. The number of hydrogen-bond donors (Lipinski definition) is 1. The van der Waals surface area contributed by atoms with Crippen molar-refractivity contribution in [3.05, 3.63) is 34.4 Å². The highest BCUT2D eigenvalue weighted by Gasteiger charge is 2.38. The molecule has 1 aliphatic rings. The van der Waals surface area contributed by atoms with Crippen LogP contribution < -0.4 is 0 Å². The summed E-state index contributed by atoms with van der Waals surface area (Å²) in [4.78, 5) is 12.5. The van der Waals surface area contributed by atoms with Crippen LogP contribution in [-0.2, 0) is 11.2 Å². The second kappa shape index (κ2) is 5.69. The molecule has 0 saturated heterocycles. The first-order valence-electron chi connectivity index (χ1n) is 7.64. The van der Waals surface area contributed by atoms with Crippen LogP contribution in [0.15, 0.2) is 12.1 Å². The number of ketones is 1. The lowest BCUT2D eigenvalue weighted by Gasteiger charge is -2.33. The second-order valence-corrected chi connectivity index (χ2v) is 6.69. The Morgan fingerprint density at radius 1 is 1.20 bits per heavy atom. The first-order valence-corrected chi connectivity index (χ1v) is 7.64. The van der Waals surface area contributed by atoms with E-state index in [1.165, 1.54) is 5.56 Å². The summed E-state index contributed by atoms with van der Waals surface area (Å²) >= 11 is 0. The van der Waals surface area contributed by atoms with Crippen LogP contribution in [0.3, 0.4) is 0 Å². The van der Waals surface area contributed by atoms with E-state index in [0.29, 0.717) is 25.2 Å². The fourth-order valence-corrected chi connectivity index (χ4v) is 3.33. The van der Waals surface area contributed by atoms with Crippen LogP contribution >= 0.6 is 0 Å². The van der Waals surface area contributed by atoms with E-state index in [9.17, 15) is 9.90 Å². The lowest BCUT2D eigenvalue weighted by Crippen LogP contribution is -2.43. The molecule has 1 saturated carbocycles. The lowest BCUT2D eigenvalue weighted by molar-refractivity contribution is -0.140. The monoisotopic (exact) mass is 274 g/mol. The van der Waals surface area contributed by atoms with Crippen LogP contribution in [0.1, 0.15) is 54.9 Å². The van der Waals surface area contributed by atoms with Gasteiger partial charge < -0.3 is 5.11 Å². The number of benzene rings is 1. The van der Waals surface area contributed by atoms with Gasteiger partial charge in [-0.25, -0.2) is 0 Å². The lowest BCUT2D eigenvalue weighted by atomic mass is 9.75. The van der Waals surface area contributed by atoms with Crippen molar-refractivity contribution in [2.45, 2.75) is 65.4 Å². The summed E-state index contributed by atoms with van der Waals surface area (Å²) in [5, 5.41) is 10.6. The molecule has 1 fully saturated rings. The molecule has 0 atom stereocenters. The molecule has 2 heteroatoms. The SMILES string of the molecule is Cc1cc(C)c(CC(=O)C2(O)CCC(C)CC2)c(C)c1. The zero-order valence-corrected chi connectivity index (χ0v) is 13.1. The summed E-state index contributed by atoms with van der Waals surface area (Å²) in [6.07, 6.45) is 3.51. The van der Waals surface area contributed by atoms with Crippen molar-refractivity contribution in [1.29, 1.82) is 0 Å². The molecule has 1 aromatic carbocycles. The van der Waals surface area contributed by atoms with E-state index in [1.807, 2.05) is 0 Å². The van der Waals surface area contributed by atoms with Crippen molar-refractivity contribution in [3.63, 3.8) is 0 Å².